The molecule has 1 aromatic heterocycles. The van der Waals surface area contributed by atoms with E-state index in [1.54, 1.807) is 24.3 Å². The Balaban J connectivity index is 1.82. The summed E-state index contributed by atoms with van der Waals surface area (Å²) in [5.74, 6) is -1.98. The molecule has 0 saturated heterocycles. The number of oxazole rings is 1. The first kappa shape index (κ1) is 18.4. The summed E-state index contributed by atoms with van der Waals surface area (Å²) in [5.41, 5.74) is -1.10. The number of aromatic nitrogens is 1. The topological polar surface area (TPSA) is 55.1 Å². The Morgan fingerprint density at radius 3 is 2.46 bits per heavy atom. The van der Waals surface area contributed by atoms with Crippen molar-refractivity contribution in [2.75, 3.05) is 5.32 Å². The molecule has 0 aliphatic carbocycles. The Kier molecular flexibility index (Phi) is 4.99. The van der Waals surface area contributed by atoms with Gasteiger partial charge in [0, 0.05) is 14.7 Å². The van der Waals surface area contributed by atoms with Crippen LogP contribution in [0, 0.1) is 9.39 Å². The van der Waals surface area contributed by atoms with Crippen molar-refractivity contribution in [3.8, 4) is 11.5 Å². The Morgan fingerprint density at radius 2 is 1.81 bits per heavy atom. The average molecular weight is 476 g/mol. The highest BCUT2D eigenvalue weighted by Crippen LogP contribution is 2.34. The molecule has 0 atom stereocenters. The highest BCUT2D eigenvalue weighted by Gasteiger charge is 2.34. The van der Waals surface area contributed by atoms with Crippen molar-refractivity contribution in [3.05, 3.63) is 69.2 Å². The molecule has 0 spiro atoms. The van der Waals surface area contributed by atoms with Crippen molar-refractivity contribution in [1.82, 2.24) is 4.98 Å². The first-order chi connectivity index (χ1) is 12.2. The lowest BCUT2D eigenvalue weighted by Gasteiger charge is -2.08. The highest BCUT2D eigenvalue weighted by atomic mass is 127. The number of carbonyl (C=O) groups excluding carboxylic acids is 1. The molecule has 1 heterocycles. The Morgan fingerprint density at radius 1 is 1.12 bits per heavy atom. The molecule has 1 N–H and O–H groups in total. The molecule has 0 bridgehead atoms. The minimum Gasteiger partial charge on any atom is -0.442 e. The van der Waals surface area contributed by atoms with Gasteiger partial charge >= 0.3 is 6.18 Å². The van der Waals surface area contributed by atoms with Gasteiger partial charge in [0.1, 0.15) is 12.1 Å². The average Bonchev–Trinajstić information content (AvgIpc) is 3.03. The van der Waals surface area contributed by atoms with Gasteiger partial charge in [-0.25, -0.2) is 4.39 Å². The lowest BCUT2D eigenvalue weighted by molar-refractivity contribution is -0.139. The van der Waals surface area contributed by atoms with Crippen molar-refractivity contribution < 1.29 is 26.8 Å². The molecule has 0 saturated carbocycles. The maximum atomic E-state index is 13.3. The van der Waals surface area contributed by atoms with Crippen LogP contribution in [-0.4, -0.2) is 10.9 Å². The fourth-order valence-electron chi connectivity index (χ4n) is 2.13. The van der Waals surface area contributed by atoms with Gasteiger partial charge in [0.15, 0.2) is 5.82 Å². The number of halogens is 5. The Hall–Kier alpha value is -2.43. The van der Waals surface area contributed by atoms with Crippen LogP contribution in [-0.2, 0) is 6.18 Å². The summed E-state index contributed by atoms with van der Waals surface area (Å²) in [6.45, 7) is 0. The molecule has 0 fully saturated rings. The lowest BCUT2D eigenvalue weighted by Crippen LogP contribution is -2.12. The van der Waals surface area contributed by atoms with E-state index in [1.807, 2.05) is 0 Å². The second kappa shape index (κ2) is 7.06. The third-order valence-corrected chi connectivity index (χ3v) is 4.09. The molecule has 0 aliphatic rings. The molecule has 4 nitrogen and oxygen atoms in total. The van der Waals surface area contributed by atoms with E-state index in [9.17, 15) is 22.4 Å². The summed E-state index contributed by atoms with van der Waals surface area (Å²) in [4.78, 5) is 16.0. The van der Waals surface area contributed by atoms with Crippen molar-refractivity contribution in [3.63, 3.8) is 0 Å². The van der Waals surface area contributed by atoms with Crippen molar-refractivity contribution in [2.45, 2.75) is 6.18 Å². The number of carbonyl (C=O) groups is 1. The van der Waals surface area contributed by atoms with E-state index >= 15 is 0 Å². The zero-order valence-corrected chi connectivity index (χ0v) is 14.9. The van der Waals surface area contributed by atoms with Crippen LogP contribution < -0.4 is 5.32 Å². The third-order valence-electron chi connectivity index (χ3n) is 3.37. The van der Waals surface area contributed by atoms with E-state index in [0.717, 1.165) is 15.9 Å². The summed E-state index contributed by atoms with van der Waals surface area (Å²) in [6, 6.07) is 9.14. The maximum Gasteiger partial charge on any atom is 0.419 e. The molecule has 1 amide bonds. The zero-order chi connectivity index (χ0) is 18.9. The van der Waals surface area contributed by atoms with Gasteiger partial charge in [-0.15, -0.1) is 0 Å². The fourth-order valence-corrected chi connectivity index (χ4v) is 2.49. The zero-order valence-electron chi connectivity index (χ0n) is 12.8. The van der Waals surface area contributed by atoms with E-state index in [1.165, 1.54) is 0 Å². The summed E-state index contributed by atoms with van der Waals surface area (Å²) >= 11 is 2.10. The van der Waals surface area contributed by atoms with Gasteiger partial charge in [0.25, 0.3) is 5.91 Å². The Bertz CT molecular complexity index is 952. The van der Waals surface area contributed by atoms with Gasteiger partial charge in [0.2, 0.25) is 5.89 Å². The summed E-state index contributed by atoms with van der Waals surface area (Å²) in [7, 11) is 0. The quantitative estimate of drug-likeness (QED) is 0.410. The largest absolute Gasteiger partial charge is 0.442 e. The number of hydrogen-bond donors (Lipinski definition) is 1. The van der Waals surface area contributed by atoms with Crippen molar-refractivity contribution in [2.24, 2.45) is 0 Å². The molecule has 0 radical (unpaired) electrons. The van der Waals surface area contributed by atoms with Gasteiger partial charge in [-0.2, -0.15) is 18.2 Å². The smallest absolute Gasteiger partial charge is 0.419 e. The van der Waals surface area contributed by atoms with Crippen LogP contribution >= 0.6 is 22.6 Å². The molecule has 3 rings (SSSR count). The minimum absolute atomic E-state index is 0.0291. The predicted octanol–water partition coefficient (Wildman–Crippen LogP) is 5.36. The molecule has 2 aromatic carbocycles. The van der Waals surface area contributed by atoms with Gasteiger partial charge in [-0.05, 0) is 65.1 Å². The van der Waals surface area contributed by atoms with E-state index in [2.05, 4.69) is 32.9 Å². The SMILES string of the molecule is O=C(Nc1coc(-c2ccc(F)c(C(F)(F)F)c2)n1)c1ccc(I)cc1. The molecule has 0 aliphatic heterocycles. The number of anilines is 1. The number of alkyl halides is 3. The van der Waals surface area contributed by atoms with Gasteiger partial charge in [-0.1, -0.05) is 0 Å². The van der Waals surface area contributed by atoms with Crippen LogP contribution in [0.15, 0.2) is 53.1 Å². The highest BCUT2D eigenvalue weighted by molar-refractivity contribution is 14.1. The van der Waals surface area contributed by atoms with E-state index in [-0.39, 0.29) is 17.3 Å². The van der Waals surface area contributed by atoms with Crippen LogP contribution in [0.4, 0.5) is 23.4 Å². The number of hydrogen-bond acceptors (Lipinski definition) is 3. The number of nitrogens with one attached hydrogen (secondary N) is 1. The number of nitrogens with zero attached hydrogens (tertiary/aromatic N) is 1. The molecular formula is C17H9F4IN2O2. The summed E-state index contributed by atoms with van der Waals surface area (Å²) in [5, 5.41) is 2.48. The molecule has 134 valence electrons. The van der Waals surface area contributed by atoms with Gasteiger partial charge in [0.05, 0.1) is 5.56 Å². The second-order valence-electron chi connectivity index (χ2n) is 5.19. The lowest BCUT2D eigenvalue weighted by atomic mass is 10.1. The minimum atomic E-state index is -4.84. The predicted molar refractivity (Wildman–Crippen MR) is 94.0 cm³/mol. The molecule has 26 heavy (non-hydrogen) atoms. The van der Waals surface area contributed by atoms with E-state index in [0.29, 0.717) is 17.7 Å². The maximum absolute atomic E-state index is 13.3. The molecule has 0 unspecified atom stereocenters. The molecular weight excluding hydrogens is 467 g/mol. The first-order valence-corrected chi connectivity index (χ1v) is 8.21. The van der Waals surface area contributed by atoms with Crippen LogP contribution in [0.5, 0.6) is 0 Å². The standard InChI is InChI=1S/C17H9F4IN2O2/c18-13-6-3-10(7-12(13)17(19,20)21)16-24-14(8-26-16)23-15(25)9-1-4-11(22)5-2-9/h1-8H,(H,23,25). The van der Waals surface area contributed by atoms with Crippen LogP contribution in [0.2, 0.25) is 0 Å². The third kappa shape index (κ3) is 4.03. The van der Waals surface area contributed by atoms with Crippen molar-refractivity contribution in [1.29, 1.82) is 0 Å². The van der Waals surface area contributed by atoms with Gasteiger partial charge < -0.3 is 9.73 Å². The molecule has 3 aromatic rings. The fraction of sp³-hybridized carbons (Fsp3) is 0.0588. The van der Waals surface area contributed by atoms with E-state index in [4.69, 9.17) is 4.42 Å². The van der Waals surface area contributed by atoms with Crippen molar-refractivity contribution >= 4 is 34.3 Å². The first-order valence-electron chi connectivity index (χ1n) is 7.13. The van der Waals surface area contributed by atoms with Crippen LogP contribution in [0.3, 0.4) is 0 Å². The summed E-state index contributed by atoms with van der Waals surface area (Å²) in [6.07, 6.45) is -3.74. The monoisotopic (exact) mass is 476 g/mol. The van der Waals surface area contributed by atoms with Crippen LogP contribution in [0.25, 0.3) is 11.5 Å². The van der Waals surface area contributed by atoms with Gasteiger partial charge in [-0.3, -0.25) is 4.79 Å². The number of rotatable bonds is 3. The normalized spacial score (nSPS) is 11.4. The Labute approximate surface area is 158 Å². The number of benzene rings is 2. The van der Waals surface area contributed by atoms with E-state index < -0.39 is 23.5 Å². The van der Waals surface area contributed by atoms with Crippen LogP contribution in [0.1, 0.15) is 15.9 Å². The summed E-state index contributed by atoms with van der Waals surface area (Å²) < 4.78 is 57.8. The second-order valence-corrected chi connectivity index (χ2v) is 6.44. The molecule has 9 heteroatoms. The number of amides is 1.